The Balaban J connectivity index is 2.03. The minimum Gasteiger partial charge on any atom is -0.366 e. The molecule has 0 radical (unpaired) electrons. The van der Waals surface area contributed by atoms with Gasteiger partial charge < -0.3 is 5.73 Å². The molecule has 33 heavy (non-hydrogen) atoms. The molecule has 1 aliphatic heterocycles. The van der Waals surface area contributed by atoms with Crippen LogP contribution in [-0.4, -0.2) is 29.4 Å². The maximum absolute atomic E-state index is 13.3. The quantitative estimate of drug-likeness (QED) is 0.622. The van der Waals surface area contributed by atoms with Gasteiger partial charge in [0.05, 0.1) is 28.2 Å². The van der Waals surface area contributed by atoms with Crippen LogP contribution in [0.1, 0.15) is 29.7 Å². The van der Waals surface area contributed by atoms with Crippen LogP contribution >= 0.6 is 0 Å². The Kier molecular flexibility index (Phi) is 5.36. The van der Waals surface area contributed by atoms with Crippen LogP contribution in [0.4, 0.5) is 22.0 Å². The Morgan fingerprint density at radius 1 is 1.18 bits per heavy atom. The Bertz CT molecular complexity index is 1500. The molecule has 1 aromatic heterocycles. The summed E-state index contributed by atoms with van der Waals surface area (Å²) in [5.41, 5.74) is 7.97. The molecule has 2 heterocycles. The Hall–Kier alpha value is -4.22. The first kappa shape index (κ1) is 22.0. The van der Waals surface area contributed by atoms with E-state index < -0.39 is 22.6 Å². The minimum absolute atomic E-state index is 0.0804. The molecule has 2 N–H and O–H groups in total. The average molecular weight is 463 g/mol. The second-order valence-corrected chi connectivity index (χ2v) is 9.49. The fourth-order valence-electron chi connectivity index (χ4n) is 3.92. The number of hydrogen-bond acceptors (Lipinski definition) is 8. The van der Waals surface area contributed by atoms with Gasteiger partial charge in [0.25, 0.3) is 0 Å². The predicted octanol–water partition coefficient (Wildman–Crippen LogP) is 3.14. The number of anilines is 3. The number of hydrogen-bond donors (Lipinski definition) is 1. The first-order valence-corrected chi connectivity index (χ1v) is 11.6. The zero-order chi connectivity index (χ0) is 23.9. The highest BCUT2D eigenvalue weighted by Crippen LogP contribution is 2.43. The molecule has 0 spiro atoms. The van der Waals surface area contributed by atoms with Crippen molar-refractivity contribution in [2.75, 3.05) is 16.9 Å². The van der Waals surface area contributed by atoms with Crippen LogP contribution < -0.4 is 10.6 Å². The molecule has 0 bridgehead atoms. The third-order valence-electron chi connectivity index (χ3n) is 5.35. The number of nitrogens with zero attached hydrogens (tertiary/aromatic N) is 6. The van der Waals surface area contributed by atoms with E-state index in [1.54, 1.807) is 36.1 Å². The minimum atomic E-state index is -3.77. The molecule has 0 aliphatic carbocycles. The molecule has 1 atom stereocenters. The van der Waals surface area contributed by atoms with Crippen molar-refractivity contribution >= 4 is 27.4 Å². The van der Waals surface area contributed by atoms with Gasteiger partial charge in [0.1, 0.15) is 12.7 Å². The van der Waals surface area contributed by atoms with Crippen molar-refractivity contribution in [3.05, 3.63) is 70.4 Å². The Morgan fingerprint density at radius 3 is 2.58 bits per heavy atom. The van der Waals surface area contributed by atoms with Gasteiger partial charge in [-0.3, -0.25) is 4.90 Å². The number of sulfone groups is 1. The van der Waals surface area contributed by atoms with Gasteiger partial charge in [-0.15, -0.1) is 5.10 Å². The second kappa shape index (κ2) is 8.04. The van der Waals surface area contributed by atoms with Crippen LogP contribution in [-0.2, 0) is 16.5 Å². The van der Waals surface area contributed by atoms with Gasteiger partial charge in [-0.1, -0.05) is 18.2 Å². The number of alkyl halides is 1. The molecule has 2 aromatic carbocycles. The molecule has 0 amide bonds. The molecule has 0 saturated heterocycles. The average Bonchev–Trinajstić information content (AvgIpc) is 3.17. The smallest absolute Gasteiger partial charge is 0.241 e. The van der Waals surface area contributed by atoms with Crippen molar-refractivity contribution in [3.63, 3.8) is 0 Å². The highest BCUT2D eigenvalue weighted by atomic mass is 32.2. The molecule has 11 heteroatoms. The fraction of sp³-hybridized carbons (Fsp3) is 0.182. The summed E-state index contributed by atoms with van der Waals surface area (Å²) in [4.78, 5) is 5.83. The molecule has 4 rings (SSSR count). The van der Waals surface area contributed by atoms with Crippen molar-refractivity contribution < 1.29 is 12.8 Å². The van der Waals surface area contributed by atoms with E-state index in [4.69, 9.17) is 5.73 Å². The monoisotopic (exact) mass is 463 g/mol. The Morgan fingerprint density at radius 2 is 1.94 bits per heavy atom. The summed E-state index contributed by atoms with van der Waals surface area (Å²) in [6.45, 7) is 1.02. The van der Waals surface area contributed by atoms with Crippen molar-refractivity contribution in [2.24, 2.45) is 0 Å². The lowest BCUT2D eigenvalue weighted by Gasteiger charge is -2.34. The number of nitrogens with two attached hydrogens (primary N) is 1. The number of nitrogen functional groups attached to an aromatic ring is 1. The van der Waals surface area contributed by atoms with Gasteiger partial charge in [-0.2, -0.15) is 15.5 Å². The van der Waals surface area contributed by atoms with Crippen molar-refractivity contribution in [1.29, 1.82) is 10.5 Å². The van der Waals surface area contributed by atoms with E-state index in [1.165, 1.54) is 22.9 Å². The lowest BCUT2D eigenvalue weighted by Crippen LogP contribution is -2.31. The van der Waals surface area contributed by atoms with Gasteiger partial charge in [0, 0.05) is 23.2 Å². The lowest BCUT2D eigenvalue weighted by molar-refractivity contribution is 0.485. The van der Waals surface area contributed by atoms with E-state index in [9.17, 15) is 23.3 Å². The zero-order valence-electron chi connectivity index (χ0n) is 17.7. The van der Waals surface area contributed by atoms with Gasteiger partial charge in [-0.05, 0) is 36.8 Å². The Labute approximate surface area is 189 Å². The molecular formula is C22H18FN7O2S. The summed E-state index contributed by atoms with van der Waals surface area (Å²) >= 11 is 0. The maximum Gasteiger partial charge on any atom is 0.241 e. The van der Waals surface area contributed by atoms with E-state index in [0.29, 0.717) is 16.9 Å². The molecule has 0 fully saturated rings. The topological polar surface area (TPSA) is 142 Å². The summed E-state index contributed by atoms with van der Waals surface area (Å²) in [5.74, 6) is 0.164. The van der Waals surface area contributed by atoms with Crippen LogP contribution in [0.25, 0.3) is 0 Å². The summed E-state index contributed by atoms with van der Waals surface area (Å²) in [7, 11) is -3.77. The first-order chi connectivity index (χ1) is 15.7. The normalized spacial score (nSPS) is 15.7. The summed E-state index contributed by atoms with van der Waals surface area (Å²) in [5, 5.41) is 23.6. The SMILES string of the molecule is CC1=C(C#N)C(c2ccc(C#N)cc2S(C)(=O)=O)n2nc(N)nc2N1c1cccc(CF)c1. The fourth-order valence-corrected chi connectivity index (χ4v) is 4.86. The van der Waals surface area contributed by atoms with E-state index in [-0.39, 0.29) is 33.5 Å². The number of aromatic nitrogens is 3. The van der Waals surface area contributed by atoms with Crippen LogP contribution in [0.15, 0.2) is 58.6 Å². The van der Waals surface area contributed by atoms with Crippen molar-refractivity contribution in [1.82, 2.24) is 14.8 Å². The number of rotatable bonds is 4. The number of benzene rings is 2. The summed E-state index contributed by atoms with van der Waals surface area (Å²) < 4.78 is 39.9. The zero-order valence-corrected chi connectivity index (χ0v) is 18.5. The molecule has 1 aliphatic rings. The van der Waals surface area contributed by atoms with E-state index >= 15 is 0 Å². The molecule has 166 valence electrons. The molecular weight excluding hydrogens is 445 g/mol. The molecule has 9 nitrogen and oxygen atoms in total. The molecule has 3 aromatic rings. The molecule has 0 saturated carbocycles. The maximum atomic E-state index is 13.3. The summed E-state index contributed by atoms with van der Waals surface area (Å²) in [6, 6.07) is 14.1. The first-order valence-electron chi connectivity index (χ1n) is 9.71. The van der Waals surface area contributed by atoms with E-state index in [1.807, 2.05) is 6.07 Å². The van der Waals surface area contributed by atoms with Crippen molar-refractivity contribution in [2.45, 2.75) is 24.5 Å². The highest BCUT2D eigenvalue weighted by Gasteiger charge is 2.37. The highest BCUT2D eigenvalue weighted by molar-refractivity contribution is 7.90. The molecule has 1 unspecified atom stereocenters. The van der Waals surface area contributed by atoms with Crippen molar-refractivity contribution in [3.8, 4) is 12.1 Å². The van der Waals surface area contributed by atoms with Gasteiger partial charge >= 0.3 is 0 Å². The number of halogens is 1. The third kappa shape index (κ3) is 3.69. The van der Waals surface area contributed by atoms with Crippen LogP contribution in [0.2, 0.25) is 0 Å². The second-order valence-electron chi connectivity index (χ2n) is 7.50. The van der Waals surface area contributed by atoms with Crippen LogP contribution in [0.3, 0.4) is 0 Å². The largest absolute Gasteiger partial charge is 0.366 e. The van der Waals surface area contributed by atoms with Gasteiger partial charge in [0.15, 0.2) is 9.84 Å². The van der Waals surface area contributed by atoms with Gasteiger partial charge in [0.2, 0.25) is 11.9 Å². The number of nitriles is 2. The van der Waals surface area contributed by atoms with E-state index in [0.717, 1.165) is 6.26 Å². The number of allylic oxidation sites excluding steroid dienone is 2. The van der Waals surface area contributed by atoms with Crippen LogP contribution in [0.5, 0.6) is 0 Å². The third-order valence-corrected chi connectivity index (χ3v) is 6.51. The summed E-state index contributed by atoms with van der Waals surface area (Å²) in [6.07, 6.45) is 1.03. The predicted molar refractivity (Wildman–Crippen MR) is 119 cm³/mol. The van der Waals surface area contributed by atoms with Gasteiger partial charge in [-0.25, -0.2) is 17.5 Å². The van der Waals surface area contributed by atoms with Crippen LogP contribution in [0, 0.1) is 22.7 Å². The lowest BCUT2D eigenvalue weighted by atomic mass is 9.95. The standard InChI is InChI=1S/C22H18FN7O2S/c1-13-18(12-25)20(17-7-6-15(11-24)9-19(17)33(2,31)32)30-22(27-21(26)28-30)29(13)16-5-3-4-14(8-16)10-23/h3-9,20H,10H2,1-2H3,(H2,26,28). The van der Waals surface area contributed by atoms with E-state index in [2.05, 4.69) is 16.2 Å². The number of fused-ring (bicyclic) bond motifs is 1.